The summed E-state index contributed by atoms with van der Waals surface area (Å²) in [4.78, 5) is 28.5. The number of anilines is 1. The lowest BCUT2D eigenvalue weighted by Gasteiger charge is -2.10. The van der Waals surface area contributed by atoms with Crippen molar-refractivity contribution in [2.24, 2.45) is 5.92 Å². The zero-order valence-corrected chi connectivity index (χ0v) is 18.4. The number of rotatable bonds is 8. The average molecular weight is 479 g/mol. The Labute approximate surface area is 199 Å². The van der Waals surface area contributed by atoms with Crippen LogP contribution in [0.2, 0.25) is 0 Å². The van der Waals surface area contributed by atoms with E-state index in [0.29, 0.717) is 22.9 Å². The highest BCUT2D eigenvalue weighted by atomic mass is 19.4. The second kappa shape index (κ2) is 9.97. The van der Waals surface area contributed by atoms with Gasteiger partial charge in [-0.3, -0.25) is 9.59 Å². The Balaban J connectivity index is 1.36. The van der Waals surface area contributed by atoms with Crippen LogP contribution in [0.4, 0.5) is 19.0 Å². The van der Waals surface area contributed by atoms with E-state index in [1.165, 1.54) is 12.3 Å². The summed E-state index contributed by atoms with van der Waals surface area (Å²) >= 11 is 0. The van der Waals surface area contributed by atoms with E-state index in [4.69, 9.17) is 10.00 Å². The van der Waals surface area contributed by atoms with Crippen molar-refractivity contribution in [3.8, 4) is 17.6 Å². The second-order valence-electron chi connectivity index (χ2n) is 8.31. The van der Waals surface area contributed by atoms with Crippen molar-refractivity contribution in [3.63, 3.8) is 0 Å². The molecule has 3 aromatic rings. The molecule has 0 unspecified atom stereocenters. The van der Waals surface area contributed by atoms with Gasteiger partial charge in [-0.15, -0.1) is 0 Å². The maximum Gasteiger partial charge on any atom is 0.416 e. The van der Waals surface area contributed by atoms with Crippen LogP contribution in [-0.4, -0.2) is 16.7 Å². The number of aromatic nitrogens is 1. The van der Waals surface area contributed by atoms with Gasteiger partial charge in [-0.1, -0.05) is 12.1 Å². The molecule has 0 radical (unpaired) electrons. The van der Waals surface area contributed by atoms with Crippen LogP contribution in [0.25, 0.3) is 0 Å². The lowest BCUT2D eigenvalue weighted by atomic mass is 9.99. The molecule has 35 heavy (non-hydrogen) atoms. The van der Waals surface area contributed by atoms with Gasteiger partial charge in [0.05, 0.1) is 17.2 Å². The molecule has 6 nitrogen and oxygen atoms in total. The van der Waals surface area contributed by atoms with Gasteiger partial charge in [0.25, 0.3) is 0 Å². The first kappa shape index (κ1) is 24.0. The Morgan fingerprint density at radius 3 is 2.37 bits per heavy atom. The number of benzene rings is 2. The zero-order chi connectivity index (χ0) is 25.0. The molecule has 1 aliphatic carbocycles. The standard InChI is InChI=1S/C26H20F3N3O3/c27-26(28,29)20-10-17(9-18(11-20)15-30)13-21(33)12-16-1-5-22(6-2-16)35-23-7-8-31-24(14-23)32-25(34)19-3-4-19/h1-2,5-11,14,19H,3-4,12-13H2,(H,31,32,34). The van der Waals surface area contributed by atoms with E-state index in [2.05, 4.69) is 10.3 Å². The van der Waals surface area contributed by atoms with Crippen molar-refractivity contribution in [2.45, 2.75) is 31.9 Å². The number of hydrogen-bond acceptors (Lipinski definition) is 5. The smallest absolute Gasteiger partial charge is 0.416 e. The van der Waals surface area contributed by atoms with Crippen LogP contribution >= 0.6 is 0 Å². The predicted octanol–water partition coefficient (Wildman–Crippen LogP) is 5.47. The maximum absolute atomic E-state index is 13.0. The van der Waals surface area contributed by atoms with Gasteiger partial charge in [0.15, 0.2) is 0 Å². The highest BCUT2D eigenvalue weighted by Gasteiger charge is 2.31. The summed E-state index contributed by atoms with van der Waals surface area (Å²) in [5.74, 6) is 1.09. The number of ether oxygens (including phenoxy) is 1. The van der Waals surface area contributed by atoms with Crippen LogP contribution in [0, 0.1) is 17.2 Å². The molecule has 0 bridgehead atoms. The second-order valence-corrected chi connectivity index (χ2v) is 8.31. The predicted molar refractivity (Wildman–Crippen MR) is 121 cm³/mol. The van der Waals surface area contributed by atoms with Gasteiger partial charge in [0.1, 0.15) is 23.1 Å². The number of alkyl halides is 3. The van der Waals surface area contributed by atoms with Crippen molar-refractivity contribution in [3.05, 3.63) is 83.0 Å². The van der Waals surface area contributed by atoms with E-state index in [-0.39, 0.29) is 41.6 Å². The van der Waals surface area contributed by atoms with E-state index in [9.17, 15) is 22.8 Å². The van der Waals surface area contributed by atoms with Crippen molar-refractivity contribution < 1.29 is 27.5 Å². The summed E-state index contributed by atoms with van der Waals surface area (Å²) in [5.41, 5.74) is -0.284. The van der Waals surface area contributed by atoms with E-state index < -0.39 is 11.7 Å². The molecule has 0 spiro atoms. The first-order chi connectivity index (χ1) is 16.7. The molecular formula is C26H20F3N3O3. The van der Waals surface area contributed by atoms with E-state index >= 15 is 0 Å². The topological polar surface area (TPSA) is 92.1 Å². The molecule has 1 saturated carbocycles. The molecule has 1 N–H and O–H groups in total. The molecule has 0 atom stereocenters. The third-order valence-electron chi connectivity index (χ3n) is 5.34. The molecule has 1 amide bonds. The summed E-state index contributed by atoms with van der Waals surface area (Å²) in [5, 5.41) is 11.7. The van der Waals surface area contributed by atoms with Crippen molar-refractivity contribution >= 4 is 17.5 Å². The Bertz CT molecular complexity index is 1290. The van der Waals surface area contributed by atoms with Crippen molar-refractivity contribution in [2.75, 3.05) is 5.32 Å². The fraction of sp³-hybridized carbons (Fsp3) is 0.231. The molecule has 9 heteroatoms. The number of hydrogen-bond donors (Lipinski definition) is 1. The first-order valence-corrected chi connectivity index (χ1v) is 10.9. The Hall–Kier alpha value is -4.19. The molecule has 2 aromatic carbocycles. The van der Waals surface area contributed by atoms with Gasteiger partial charge in [0, 0.05) is 31.0 Å². The highest BCUT2D eigenvalue weighted by molar-refractivity contribution is 5.93. The summed E-state index contributed by atoms with van der Waals surface area (Å²) in [6.45, 7) is 0. The largest absolute Gasteiger partial charge is 0.457 e. The first-order valence-electron chi connectivity index (χ1n) is 10.9. The van der Waals surface area contributed by atoms with Gasteiger partial charge in [0.2, 0.25) is 5.91 Å². The number of halogens is 3. The number of carbonyl (C=O) groups excluding carboxylic acids is 2. The van der Waals surface area contributed by atoms with Crippen molar-refractivity contribution in [1.29, 1.82) is 5.26 Å². The summed E-state index contributed by atoms with van der Waals surface area (Å²) in [6.07, 6.45) is -1.50. The van der Waals surface area contributed by atoms with Gasteiger partial charge in [-0.2, -0.15) is 18.4 Å². The monoisotopic (exact) mass is 479 g/mol. The van der Waals surface area contributed by atoms with E-state index in [1.54, 1.807) is 42.5 Å². The lowest BCUT2D eigenvalue weighted by molar-refractivity contribution is -0.137. The van der Waals surface area contributed by atoms with Crippen molar-refractivity contribution in [1.82, 2.24) is 4.98 Å². The zero-order valence-electron chi connectivity index (χ0n) is 18.4. The SMILES string of the molecule is N#Cc1cc(CC(=O)Cc2ccc(Oc3ccnc(NC(=O)C4CC4)c3)cc2)cc(C(F)(F)F)c1. The minimum absolute atomic E-state index is 0.0189. The number of nitrogens with one attached hydrogen (secondary N) is 1. The normalized spacial score (nSPS) is 13.1. The summed E-state index contributed by atoms with van der Waals surface area (Å²) in [7, 11) is 0. The third-order valence-corrected chi connectivity index (χ3v) is 5.34. The van der Waals surface area contributed by atoms with Crippen LogP contribution < -0.4 is 10.1 Å². The van der Waals surface area contributed by atoms with Crippen LogP contribution in [0.15, 0.2) is 60.8 Å². The number of nitriles is 1. The number of amides is 1. The number of carbonyl (C=O) groups is 2. The maximum atomic E-state index is 13.0. The molecule has 4 rings (SSSR count). The minimum atomic E-state index is -4.60. The average Bonchev–Trinajstić information content (AvgIpc) is 3.65. The molecule has 1 aliphatic rings. The molecule has 1 fully saturated rings. The Morgan fingerprint density at radius 1 is 1.00 bits per heavy atom. The van der Waals surface area contributed by atoms with Crippen LogP contribution in [0.1, 0.15) is 35.1 Å². The van der Waals surface area contributed by atoms with Gasteiger partial charge in [-0.25, -0.2) is 4.98 Å². The number of Topliss-reactive ketones (excluding diaryl/α,β-unsaturated/α-hetero) is 1. The summed E-state index contributed by atoms with van der Waals surface area (Å²) < 4.78 is 44.9. The van der Waals surface area contributed by atoms with Gasteiger partial charge in [-0.05, 0) is 60.4 Å². The fourth-order valence-corrected chi connectivity index (χ4v) is 3.47. The third kappa shape index (κ3) is 6.67. The molecular weight excluding hydrogens is 459 g/mol. The van der Waals surface area contributed by atoms with Crippen LogP contribution in [-0.2, 0) is 28.6 Å². The Kier molecular flexibility index (Phi) is 6.82. The van der Waals surface area contributed by atoms with Crippen LogP contribution in [0.5, 0.6) is 11.5 Å². The number of ketones is 1. The molecule has 0 aliphatic heterocycles. The lowest BCUT2D eigenvalue weighted by Crippen LogP contribution is -2.14. The van der Waals surface area contributed by atoms with E-state index in [1.807, 2.05) is 0 Å². The van der Waals surface area contributed by atoms with E-state index in [0.717, 1.165) is 25.0 Å². The highest BCUT2D eigenvalue weighted by Crippen LogP contribution is 2.32. The quantitative estimate of drug-likeness (QED) is 0.463. The van der Waals surface area contributed by atoms with Gasteiger partial charge < -0.3 is 10.1 Å². The van der Waals surface area contributed by atoms with Crippen LogP contribution in [0.3, 0.4) is 0 Å². The minimum Gasteiger partial charge on any atom is -0.457 e. The fourth-order valence-electron chi connectivity index (χ4n) is 3.47. The Morgan fingerprint density at radius 2 is 1.71 bits per heavy atom. The number of pyridine rings is 1. The number of nitrogens with zero attached hydrogens (tertiary/aromatic N) is 2. The molecule has 0 saturated heterocycles. The van der Waals surface area contributed by atoms with Gasteiger partial charge >= 0.3 is 6.18 Å². The summed E-state index contributed by atoms with van der Waals surface area (Å²) in [6, 6.07) is 14.6. The molecule has 1 aromatic heterocycles. The molecule has 178 valence electrons. The molecule has 1 heterocycles.